The first-order valence-corrected chi connectivity index (χ1v) is 7.79. The van der Waals surface area contributed by atoms with Crippen LogP contribution in [0, 0.1) is 23.5 Å². The quantitative estimate of drug-likeness (QED) is 0.619. The van der Waals surface area contributed by atoms with Gasteiger partial charge in [-0.25, -0.2) is 8.78 Å². The molecule has 0 N–H and O–H groups in total. The maximum atomic E-state index is 13.4. The Bertz CT molecular complexity index is 843. The van der Waals surface area contributed by atoms with Gasteiger partial charge < -0.3 is 4.74 Å². The van der Waals surface area contributed by atoms with E-state index in [2.05, 4.69) is 11.8 Å². The third-order valence-electron chi connectivity index (χ3n) is 3.96. The maximum Gasteiger partial charge on any atom is 0.179 e. The van der Waals surface area contributed by atoms with Gasteiger partial charge in [0.1, 0.15) is 11.6 Å². The van der Waals surface area contributed by atoms with Crippen LogP contribution >= 0.6 is 0 Å². The van der Waals surface area contributed by atoms with Crippen LogP contribution in [0.5, 0.6) is 0 Å². The number of hydrogen-bond acceptors (Lipinski definition) is 1. The molecule has 0 saturated carbocycles. The van der Waals surface area contributed by atoms with Gasteiger partial charge in [0.05, 0.1) is 0 Å². The molecule has 3 aromatic rings. The van der Waals surface area contributed by atoms with Crippen LogP contribution in [0.3, 0.4) is 0 Å². The van der Waals surface area contributed by atoms with E-state index >= 15 is 0 Å². The van der Waals surface area contributed by atoms with Crippen LogP contribution in [-0.2, 0) is 10.3 Å². The lowest BCUT2D eigenvalue weighted by Gasteiger charge is -2.28. The molecule has 3 heteroatoms. The average molecular weight is 334 g/mol. The van der Waals surface area contributed by atoms with Crippen LogP contribution in [-0.4, -0.2) is 7.11 Å². The van der Waals surface area contributed by atoms with E-state index in [4.69, 9.17) is 4.74 Å². The summed E-state index contributed by atoms with van der Waals surface area (Å²) >= 11 is 0. The Labute approximate surface area is 145 Å². The molecule has 0 saturated heterocycles. The van der Waals surface area contributed by atoms with Gasteiger partial charge in [0.25, 0.3) is 0 Å². The van der Waals surface area contributed by atoms with Crippen molar-refractivity contribution in [2.75, 3.05) is 7.11 Å². The second-order valence-corrected chi connectivity index (χ2v) is 5.52. The predicted molar refractivity (Wildman–Crippen MR) is 93.9 cm³/mol. The molecule has 0 heterocycles. The molecule has 3 rings (SSSR count). The van der Waals surface area contributed by atoms with E-state index in [0.29, 0.717) is 11.1 Å². The van der Waals surface area contributed by atoms with Crippen molar-refractivity contribution in [3.8, 4) is 11.8 Å². The van der Waals surface area contributed by atoms with Crippen molar-refractivity contribution in [1.82, 2.24) is 0 Å². The van der Waals surface area contributed by atoms with Crippen LogP contribution in [0.15, 0.2) is 78.9 Å². The molecule has 3 aromatic carbocycles. The zero-order chi connectivity index (χ0) is 17.7. The minimum atomic E-state index is -1.13. The van der Waals surface area contributed by atoms with Crippen LogP contribution in [0.4, 0.5) is 8.78 Å². The summed E-state index contributed by atoms with van der Waals surface area (Å²) < 4.78 is 32.5. The van der Waals surface area contributed by atoms with Crippen LogP contribution in [0.25, 0.3) is 0 Å². The lowest BCUT2D eigenvalue weighted by atomic mass is 9.86. The largest absolute Gasteiger partial charge is 0.357 e. The summed E-state index contributed by atoms with van der Waals surface area (Å²) in [5.74, 6) is 5.57. The molecule has 0 aliphatic carbocycles. The fraction of sp³-hybridized carbons (Fsp3) is 0.0909. The molecule has 0 aliphatic heterocycles. The van der Waals surface area contributed by atoms with Crippen LogP contribution < -0.4 is 0 Å². The first kappa shape index (κ1) is 16.9. The molecule has 0 amide bonds. The van der Waals surface area contributed by atoms with Gasteiger partial charge in [0, 0.05) is 23.8 Å². The van der Waals surface area contributed by atoms with Gasteiger partial charge in [-0.15, -0.1) is 0 Å². The van der Waals surface area contributed by atoms with Gasteiger partial charge in [-0.2, -0.15) is 0 Å². The summed E-state index contributed by atoms with van der Waals surface area (Å²) in [5.41, 5.74) is 1.04. The maximum absolute atomic E-state index is 13.4. The van der Waals surface area contributed by atoms with E-state index < -0.39 is 5.60 Å². The van der Waals surface area contributed by atoms with Crippen molar-refractivity contribution in [3.05, 3.63) is 107 Å². The van der Waals surface area contributed by atoms with E-state index in [1.165, 1.54) is 31.4 Å². The van der Waals surface area contributed by atoms with E-state index in [9.17, 15) is 8.78 Å². The fourth-order valence-corrected chi connectivity index (χ4v) is 2.65. The zero-order valence-electron chi connectivity index (χ0n) is 13.7. The predicted octanol–water partition coefficient (Wildman–Crippen LogP) is 4.91. The summed E-state index contributed by atoms with van der Waals surface area (Å²) in [4.78, 5) is 0. The summed E-state index contributed by atoms with van der Waals surface area (Å²) in [6, 6.07) is 21.4. The smallest absolute Gasteiger partial charge is 0.179 e. The molecular formula is C22H16F2O. The highest BCUT2D eigenvalue weighted by Gasteiger charge is 2.32. The third-order valence-corrected chi connectivity index (χ3v) is 3.96. The van der Waals surface area contributed by atoms with Crippen LogP contribution in [0.1, 0.15) is 16.7 Å². The van der Waals surface area contributed by atoms with Gasteiger partial charge in [-0.1, -0.05) is 54.3 Å². The Hall–Kier alpha value is -2.96. The zero-order valence-corrected chi connectivity index (χ0v) is 13.7. The Morgan fingerprint density at radius 3 is 1.64 bits per heavy atom. The van der Waals surface area contributed by atoms with Crippen molar-refractivity contribution in [3.63, 3.8) is 0 Å². The standard InChI is InChI=1S/C22H16F2O/c1-25-22(18-7-11-20(23)12-8-18,19-9-13-21(24)14-10-19)16-15-17-5-3-2-4-6-17/h2-14H,1H3. The SMILES string of the molecule is COC(C#Cc1ccccc1)(c1ccc(F)cc1)c1ccc(F)cc1. The average Bonchev–Trinajstić information content (AvgIpc) is 2.66. The lowest BCUT2D eigenvalue weighted by Crippen LogP contribution is -2.28. The molecule has 0 aromatic heterocycles. The summed E-state index contributed by atoms with van der Waals surface area (Å²) in [6.07, 6.45) is 0. The number of rotatable bonds is 3. The topological polar surface area (TPSA) is 9.23 Å². The second kappa shape index (κ2) is 7.29. The molecule has 0 spiro atoms. The summed E-state index contributed by atoms with van der Waals surface area (Å²) in [7, 11) is 1.53. The monoisotopic (exact) mass is 334 g/mol. The Balaban J connectivity index is 2.17. The normalized spacial score (nSPS) is 10.8. The molecule has 1 nitrogen and oxygen atoms in total. The number of ether oxygens (including phenoxy) is 1. The van der Waals surface area contributed by atoms with Gasteiger partial charge >= 0.3 is 0 Å². The van der Waals surface area contributed by atoms with Gasteiger partial charge in [-0.05, 0) is 36.4 Å². The highest BCUT2D eigenvalue weighted by molar-refractivity contribution is 5.48. The third kappa shape index (κ3) is 3.60. The minimum Gasteiger partial charge on any atom is -0.357 e. The van der Waals surface area contributed by atoms with E-state index in [0.717, 1.165) is 5.56 Å². The van der Waals surface area contributed by atoms with Crippen LogP contribution in [0.2, 0.25) is 0 Å². The lowest BCUT2D eigenvalue weighted by molar-refractivity contribution is 0.0741. The molecule has 0 atom stereocenters. The van der Waals surface area contributed by atoms with Crippen molar-refractivity contribution in [2.45, 2.75) is 5.60 Å². The van der Waals surface area contributed by atoms with Crippen molar-refractivity contribution in [2.24, 2.45) is 0 Å². The summed E-state index contributed by atoms with van der Waals surface area (Å²) in [6.45, 7) is 0. The van der Waals surface area contributed by atoms with Gasteiger partial charge in [-0.3, -0.25) is 0 Å². The Kier molecular flexibility index (Phi) is 4.92. The molecule has 0 fully saturated rings. The molecule has 124 valence electrons. The highest BCUT2D eigenvalue weighted by Crippen LogP contribution is 2.33. The molecule has 0 aliphatic rings. The number of benzene rings is 3. The molecule has 0 radical (unpaired) electrons. The summed E-state index contributed by atoms with van der Waals surface area (Å²) in [5, 5.41) is 0. The fourth-order valence-electron chi connectivity index (χ4n) is 2.65. The van der Waals surface area contributed by atoms with E-state index in [1.807, 2.05) is 30.3 Å². The first-order valence-electron chi connectivity index (χ1n) is 7.79. The van der Waals surface area contributed by atoms with E-state index in [1.54, 1.807) is 24.3 Å². The number of hydrogen-bond donors (Lipinski definition) is 0. The molecular weight excluding hydrogens is 318 g/mol. The molecule has 0 bridgehead atoms. The number of methoxy groups -OCH3 is 1. The minimum absolute atomic E-state index is 0.344. The van der Waals surface area contributed by atoms with Gasteiger partial charge in [0.15, 0.2) is 5.60 Å². The molecule has 25 heavy (non-hydrogen) atoms. The molecule has 0 unspecified atom stereocenters. The van der Waals surface area contributed by atoms with Crippen molar-refractivity contribution >= 4 is 0 Å². The van der Waals surface area contributed by atoms with Crippen molar-refractivity contribution < 1.29 is 13.5 Å². The van der Waals surface area contributed by atoms with Crippen molar-refractivity contribution in [1.29, 1.82) is 0 Å². The number of halogens is 2. The second-order valence-electron chi connectivity index (χ2n) is 5.52. The Morgan fingerprint density at radius 1 is 0.720 bits per heavy atom. The van der Waals surface area contributed by atoms with E-state index in [-0.39, 0.29) is 11.6 Å². The van der Waals surface area contributed by atoms with Gasteiger partial charge in [0.2, 0.25) is 0 Å². The highest BCUT2D eigenvalue weighted by atomic mass is 19.1. The first-order chi connectivity index (χ1) is 12.1. The Morgan fingerprint density at radius 2 is 1.20 bits per heavy atom.